The zero-order valence-corrected chi connectivity index (χ0v) is 11.9. The van der Waals surface area contributed by atoms with Crippen LogP contribution in [0.4, 0.5) is 5.82 Å². The molecule has 0 saturated heterocycles. The van der Waals surface area contributed by atoms with Crippen LogP contribution < -0.4 is 5.73 Å². The molecule has 0 aliphatic heterocycles. The Kier molecular flexibility index (Phi) is 4.76. The Bertz CT molecular complexity index is 424. The predicted molar refractivity (Wildman–Crippen MR) is 71.5 cm³/mol. The number of nitrogen functional groups attached to an aromatic ring is 1. The molecule has 0 aliphatic rings. The van der Waals surface area contributed by atoms with E-state index in [9.17, 15) is 4.79 Å². The fourth-order valence-corrected chi connectivity index (χ4v) is 2.28. The number of hydrogen-bond acceptors (Lipinski definition) is 4. The van der Waals surface area contributed by atoms with E-state index in [-0.39, 0.29) is 11.7 Å². The van der Waals surface area contributed by atoms with Gasteiger partial charge in [0.05, 0.1) is 6.61 Å². The van der Waals surface area contributed by atoms with E-state index < -0.39 is 5.97 Å². The molecule has 0 radical (unpaired) electrons. The molecule has 102 valence electrons. The molecule has 0 bridgehead atoms. The lowest BCUT2D eigenvalue weighted by Gasteiger charge is -2.23. The highest BCUT2D eigenvalue weighted by Crippen LogP contribution is 2.28. The maximum Gasteiger partial charge on any atom is 0.360 e. The van der Waals surface area contributed by atoms with Crippen molar-refractivity contribution < 1.29 is 9.53 Å². The highest BCUT2D eigenvalue weighted by molar-refractivity contribution is 5.92. The highest BCUT2D eigenvalue weighted by atomic mass is 16.5. The molecule has 0 saturated carbocycles. The number of nitrogens with two attached hydrogens (primary N) is 1. The van der Waals surface area contributed by atoms with E-state index in [0.29, 0.717) is 18.3 Å². The summed E-state index contributed by atoms with van der Waals surface area (Å²) in [5, 5.41) is 0. The van der Waals surface area contributed by atoms with Gasteiger partial charge in [-0.3, -0.25) is 0 Å². The Morgan fingerprint density at radius 1 is 1.44 bits per heavy atom. The molecule has 5 nitrogen and oxygen atoms in total. The summed E-state index contributed by atoms with van der Waals surface area (Å²) in [4.78, 5) is 16.0. The minimum Gasteiger partial charge on any atom is -0.461 e. The molecule has 0 fully saturated rings. The number of ether oxygens (including phenoxy) is 1. The third kappa shape index (κ3) is 2.66. The smallest absolute Gasteiger partial charge is 0.360 e. The van der Waals surface area contributed by atoms with Crippen LogP contribution in [-0.4, -0.2) is 22.1 Å². The maximum absolute atomic E-state index is 11.7. The van der Waals surface area contributed by atoms with Gasteiger partial charge in [-0.25, -0.2) is 9.78 Å². The summed E-state index contributed by atoms with van der Waals surface area (Å²) >= 11 is 0. The summed E-state index contributed by atoms with van der Waals surface area (Å²) in [5.74, 6) is 1.15. The summed E-state index contributed by atoms with van der Waals surface area (Å²) in [6.45, 7) is 10.3. The molecule has 1 rings (SSSR count). The fraction of sp³-hybridized carbons (Fsp3) is 0.692. The van der Waals surface area contributed by atoms with Crippen molar-refractivity contribution in [1.29, 1.82) is 0 Å². The highest BCUT2D eigenvalue weighted by Gasteiger charge is 2.24. The second-order valence-corrected chi connectivity index (χ2v) is 4.70. The van der Waals surface area contributed by atoms with Crippen molar-refractivity contribution in [2.45, 2.75) is 47.1 Å². The number of esters is 1. The molecule has 1 aromatic rings. The average Bonchev–Trinajstić information content (AvgIpc) is 2.58. The molecular formula is C13H23N3O2. The number of aromatic nitrogens is 2. The van der Waals surface area contributed by atoms with Crippen molar-refractivity contribution in [3.63, 3.8) is 0 Å². The molecule has 1 aromatic heterocycles. The van der Waals surface area contributed by atoms with E-state index in [1.54, 1.807) is 6.92 Å². The van der Waals surface area contributed by atoms with Gasteiger partial charge >= 0.3 is 5.97 Å². The Balaban J connectivity index is 3.19. The molecule has 5 heteroatoms. The Morgan fingerprint density at radius 2 is 2.06 bits per heavy atom. The van der Waals surface area contributed by atoms with Crippen LogP contribution in [0.1, 0.15) is 56.5 Å². The second kappa shape index (κ2) is 5.89. The molecule has 18 heavy (non-hydrogen) atoms. The van der Waals surface area contributed by atoms with Crippen molar-refractivity contribution in [3.05, 3.63) is 11.5 Å². The molecule has 0 amide bonds. The standard InChI is InChI=1S/C13H23N3O2/c1-6-10(8(3)4)16-9(5)15-11(12(16)14)13(17)18-7-2/h8,10H,6-7,14H2,1-5H3. The topological polar surface area (TPSA) is 70.1 Å². The summed E-state index contributed by atoms with van der Waals surface area (Å²) in [5.41, 5.74) is 6.28. The average molecular weight is 253 g/mol. The van der Waals surface area contributed by atoms with Gasteiger partial charge in [-0.15, -0.1) is 0 Å². The van der Waals surface area contributed by atoms with E-state index in [0.717, 1.165) is 12.2 Å². The van der Waals surface area contributed by atoms with E-state index in [1.165, 1.54) is 0 Å². The quantitative estimate of drug-likeness (QED) is 0.819. The molecule has 0 aromatic carbocycles. The van der Waals surface area contributed by atoms with Gasteiger partial charge in [0, 0.05) is 6.04 Å². The van der Waals surface area contributed by atoms with E-state index in [1.807, 2.05) is 11.5 Å². The van der Waals surface area contributed by atoms with Gasteiger partial charge in [0.15, 0.2) is 5.69 Å². The normalized spacial score (nSPS) is 12.8. The fourth-order valence-electron chi connectivity index (χ4n) is 2.28. The largest absolute Gasteiger partial charge is 0.461 e. The molecule has 1 atom stereocenters. The molecule has 1 unspecified atom stereocenters. The van der Waals surface area contributed by atoms with Gasteiger partial charge in [-0.1, -0.05) is 20.8 Å². The number of carbonyl (C=O) groups is 1. The van der Waals surface area contributed by atoms with Gasteiger partial charge in [0.25, 0.3) is 0 Å². The van der Waals surface area contributed by atoms with Gasteiger partial charge < -0.3 is 15.0 Å². The lowest BCUT2D eigenvalue weighted by Crippen LogP contribution is -2.18. The lowest BCUT2D eigenvalue weighted by molar-refractivity contribution is 0.0521. The van der Waals surface area contributed by atoms with Gasteiger partial charge in [-0.2, -0.15) is 0 Å². The van der Waals surface area contributed by atoms with E-state index in [2.05, 4.69) is 25.8 Å². The summed E-state index contributed by atoms with van der Waals surface area (Å²) in [6.07, 6.45) is 0.946. The zero-order valence-electron chi connectivity index (χ0n) is 11.9. The predicted octanol–water partition coefficient (Wildman–Crippen LogP) is 2.56. The van der Waals surface area contributed by atoms with E-state index in [4.69, 9.17) is 10.5 Å². The van der Waals surface area contributed by atoms with Crippen LogP contribution >= 0.6 is 0 Å². The summed E-state index contributed by atoms with van der Waals surface area (Å²) in [7, 11) is 0. The van der Waals surface area contributed by atoms with Crippen molar-refractivity contribution in [3.8, 4) is 0 Å². The van der Waals surface area contributed by atoms with Crippen LogP contribution in [-0.2, 0) is 4.74 Å². The Labute approximate surface area is 108 Å². The van der Waals surface area contributed by atoms with Crippen molar-refractivity contribution in [2.75, 3.05) is 12.3 Å². The van der Waals surface area contributed by atoms with Crippen LogP contribution in [0.5, 0.6) is 0 Å². The summed E-state index contributed by atoms with van der Waals surface area (Å²) < 4.78 is 6.90. The number of hydrogen-bond donors (Lipinski definition) is 1. The van der Waals surface area contributed by atoms with Gasteiger partial charge in [0.1, 0.15) is 11.6 Å². The third-order valence-corrected chi connectivity index (χ3v) is 3.11. The van der Waals surface area contributed by atoms with Crippen LogP contribution in [0.3, 0.4) is 0 Å². The number of carbonyl (C=O) groups excluding carboxylic acids is 1. The minimum atomic E-state index is -0.449. The second-order valence-electron chi connectivity index (χ2n) is 4.70. The number of aryl methyl sites for hydroxylation is 1. The number of imidazole rings is 1. The van der Waals surface area contributed by atoms with Crippen LogP contribution in [0.25, 0.3) is 0 Å². The first kappa shape index (κ1) is 14.5. The number of nitrogens with zero attached hydrogens (tertiary/aromatic N) is 2. The molecule has 2 N–H and O–H groups in total. The Hall–Kier alpha value is -1.52. The molecular weight excluding hydrogens is 230 g/mol. The van der Waals surface area contributed by atoms with Crippen LogP contribution in [0.2, 0.25) is 0 Å². The van der Waals surface area contributed by atoms with E-state index >= 15 is 0 Å². The van der Waals surface area contributed by atoms with Crippen molar-refractivity contribution in [2.24, 2.45) is 5.92 Å². The molecule has 0 spiro atoms. The van der Waals surface area contributed by atoms with Gasteiger partial charge in [0.2, 0.25) is 0 Å². The first-order valence-electron chi connectivity index (χ1n) is 6.45. The van der Waals surface area contributed by atoms with Crippen molar-refractivity contribution >= 4 is 11.8 Å². The van der Waals surface area contributed by atoms with Gasteiger partial charge in [-0.05, 0) is 26.2 Å². The monoisotopic (exact) mass is 253 g/mol. The molecule has 1 heterocycles. The number of rotatable bonds is 5. The third-order valence-electron chi connectivity index (χ3n) is 3.11. The van der Waals surface area contributed by atoms with Crippen LogP contribution in [0.15, 0.2) is 0 Å². The first-order valence-corrected chi connectivity index (χ1v) is 6.45. The first-order chi connectivity index (χ1) is 8.43. The SMILES string of the molecule is CCOC(=O)c1nc(C)n(C(CC)C(C)C)c1N. The summed E-state index contributed by atoms with van der Waals surface area (Å²) in [6, 6.07) is 0.251. The minimum absolute atomic E-state index is 0.230. The lowest BCUT2D eigenvalue weighted by atomic mass is 10.0. The Morgan fingerprint density at radius 3 is 2.50 bits per heavy atom. The molecule has 0 aliphatic carbocycles. The maximum atomic E-state index is 11.7. The van der Waals surface area contributed by atoms with Crippen LogP contribution in [0, 0.1) is 12.8 Å². The number of anilines is 1. The zero-order chi connectivity index (χ0) is 13.9. The van der Waals surface area contributed by atoms with Crippen molar-refractivity contribution in [1.82, 2.24) is 9.55 Å².